The zero-order chi connectivity index (χ0) is 17.6. The normalized spacial score (nSPS) is 10.6. The van der Waals surface area contributed by atoms with Crippen molar-refractivity contribution in [3.63, 3.8) is 0 Å². The van der Waals surface area contributed by atoms with Crippen LogP contribution in [0.5, 0.6) is 0 Å². The van der Waals surface area contributed by atoms with Gasteiger partial charge in [0.25, 0.3) is 0 Å². The van der Waals surface area contributed by atoms with Crippen LogP contribution < -0.4 is 0 Å². The molecular formula is C21H15IO2S. The molecule has 0 saturated carbocycles. The molecule has 0 atom stereocenters. The van der Waals surface area contributed by atoms with E-state index in [1.807, 2.05) is 60.7 Å². The summed E-state index contributed by atoms with van der Waals surface area (Å²) in [5.41, 5.74) is 1.10. The second-order valence-corrected chi connectivity index (χ2v) is 7.84. The van der Waals surface area contributed by atoms with E-state index in [0.717, 1.165) is 8.47 Å². The van der Waals surface area contributed by atoms with Gasteiger partial charge in [-0.1, -0.05) is 60.7 Å². The van der Waals surface area contributed by atoms with Gasteiger partial charge in [0, 0.05) is 19.6 Å². The van der Waals surface area contributed by atoms with Crippen LogP contribution >= 0.6 is 34.4 Å². The number of benzene rings is 3. The molecule has 0 N–H and O–H groups in total. The fourth-order valence-corrected chi connectivity index (χ4v) is 3.79. The van der Waals surface area contributed by atoms with E-state index >= 15 is 0 Å². The molecule has 0 saturated heterocycles. The summed E-state index contributed by atoms with van der Waals surface area (Å²) in [7, 11) is 0. The Morgan fingerprint density at radius 3 is 1.56 bits per heavy atom. The van der Waals surface area contributed by atoms with Crippen molar-refractivity contribution in [2.45, 2.75) is 10.1 Å². The summed E-state index contributed by atoms with van der Waals surface area (Å²) in [6.07, 6.45) is 0. The highest BCUT2D eigenvalue weighted by atomic mass is 127. The second kappa shape index (κ2) is 8.45. The minimum absolute atomic E-state index is 0.169. The lowest BCUT2D eigenvalue weighted by atomic mass is 10.0. The lowest BCUT2D eigenvalue weighted by Gasteiger charge is -2.15. The van der Waals surface area contributed by atoms with Crippen molar-refractivity contribution >= 4 is 45.9 Å². The zero-order valence-corrected chi connectivity index (χ0v) is 16.2. The average molecular weight is 458 g/mol. The highest BCUT2D eigenvalue weighted by Gasteiger charge is 2.29. The Labute approximate surface area is 164 Å². The first kappa shape index (κ1) is 17.9. The van der Waals surface area contributed by atoms with Crippen molar-refractivity contribution in [2.24, 2.45) is 0 Å². The van der Waals surface area contributed by atoms with Crippen LogP contribution in [-0.4, -0.2) is 16.8 Å². The summed E-state index contributed by atoms with van der Waals surface area (Å²) < 4.78 is 1.11. The van der Waals surface area contributed by atoms with Crippen LogP contribution in [0.4, 0.5) is 0 Å². The molecule has 0 aliphatic carbocycles. The first-order valence-electron chi connectivity index (χ1n) is 7.76. The van der Waals surface area contributed by atoms with Gasteiger partial charge in [0.15, 0.2) is 11.6 Å². The van der Waals surface area contributed by atoms with Gasteiger partial charge in [-0.2, -0.15) is 0 Å². The van der Waals surface area contributed by atoms with E-state index in [-0.39, 0.29) is 11.6 Å². The van der Waals surface area contributed by atoms with Crippen LogP contribution in [0.25, 0.3) is 0 Å². The summed E-state index contributed by atoms with van der Waals surface area (Å²) in [6, 6.07) is 25.8. The lowest BCUT2D eigenvalue weighted by molar-refractivity contribution is 0.0903. The molecule has 0 radical (unpaired) electrons. The van der Waals surface area contributed by atoms with Crippen LogP contribution in [0.2, 0.25) is 0 Å². The summed E-state index contributed by atoms with van der Waals surface area (Å²) in [5, 5.41) is -0.801. The Morgan fingerprint density at radius 2 is 1.12 bits per heavy atom. The van der Waals surface area contributed by atoms with Crippen LogP contribution in [0.15, 0.2) is 89.8 Å². The van der Waals surface area contributed by atoms with Crippen LogP contribution in [-0.2, 0) is 0 Å². The van der Waals surface area contributed by atoms with Crippen molar-refractivity contribution in [2.75, 3.05) is 0 Å². The number of carbonyl (C=O) groups excluding carboxylic acids is 2. The maximum absolute atomic E-state index is 13.0. The third-order valence-electron chi connectivity index (χ3n) is 3.66. The molecule has 3 aromatic rings. The van der Waals surface area contributed by atoms with Gasteiger partial charge in [0.2, 0.25) is 0 Å². The van der Waals surface area contributed by atoms with Crippen molar-refractivity contribution in [3.05, 3.63) is 99.6 Å². The predicted octanol–water partition coefficient (Wildman–Crippen LogP) is 5.52. The highest BCUT2D eigenvalue weighted by molar-refractivity contribution is 14.1. The van der Waals surface area contributed by atoms with Gasteiger partial charge in [-0.3, -0.25) is 9.59 Å². The largest absolute Gasteiger partial charge is 0.292 e. The number of rotatable bonds is 6. The maximum Gasteiger partial charge on any atom is 0.184 e. The second-order valence-electron chi connectivity index (χ2n) is 5.41. The summed E-state index contributed by atoms with van der Waals surface area (Å²) in [5.74, 6) is -0.337. The molecular weight excluding hydrogens is 443 g/mol. The molecule has 0 aliphatic heterocycles. The maximum atomic E-state index is 13.0. The topological polar surface area (TPSA) is 34.1 Å². The predicted molar refractivity (Wildman–Crippen MR) is 110 cm³/mol. The standard InChI is InChI=1S/C21H15IO2S/c22-17-11-13-18(14-12-17)25-21(19(23)15-7-3-1-4-8-15)20(24)16-9-5-2-6-10-16/h1-14,21H. The van der Waals surface area contributed by atoms with E-state index in [0.29, 0.717) is 11.1 Å². The zero-order valence-electron chi connectivity index (χ0n) is 13.3. The molecule has 2 nitrogen and oxygen atoms in total. The lowest BCUT2D eigenvalue weighted by Crippen LogP contribution is -2.27. The van der Waals surface area contributed by atoms with Crippen molar-refractivity contribution in [1.82, 2.24) is 0 Å². The molecule has 124 valence electrons. The molecule has 3 rings (SSSR count). The number of Topliss-reactive ketones (excluding diaryl/α,β-unsaturated/α-hetero) is 2. The molecule has 0 bridgehead atoms. The average Bonchev–Trinajstić information content (AvgIpc) is 2.68. The van der Waals surface area contributed by atoms with E-state index < -0.39 is 5.25 Å². The smallest absolute Gasteiger partial charge is 0.184 e. The summed E-state index contributed by atoms with van der Waals surface area (Å²) in [6.45, 7) is 0. The Kier molecular flexibility index (Phi) is 6.04. The Balaban J connectivity index is 1.94. The molecule has 0 aliphatic rings. The van der Waals surface area contributed by atoms with Gasteiger partial charge in [0.1, 0.15) is 5.25 Å². The number of carbonyl (C=O) groups is 2. The van der Waals surface area contributed by atoms with Gasteiger partial charge in [-0.15, -0.1) is 11.8 Å². The van der Waals surface area contributed by atoms with Gasteiger partial charge in [-0.05, 0) is 46.9 Å². The SMILES string of the molecule is O=C(c1ccccc1)C(Sc1ccc(I)cc1)C(=O)c1ccccc1. The Hall–Kier alpha value is -1.92. The van der Waals surface area contributed by atoms with Gasteiger partial charge >= 0.3 is 0 Å². The third-order valence-corrected chi connectivity index (χ3v) is 5.59. The van der Waals surface area contributed by atoms with E-state index in [9.17, 15) is 9.59 Å². The first-order chi connectivity index (χ1) is 12.1. The van der Waals surface area contributed by atoms with Crippen molar-refractivity contribution < 1.29 is 9.59 Å². The molecule has 0 amide bonds. The molecule has 4 heteroatoms. The third kappa shape index (κ3) is 4.58. The Bertz CT molecular complexity index is 810. The van der Waals surface area contributed by atoms with Crippen molar-refractivity contribution in [3.8, 4) is 0 Å². The summed E-state index contributed by atoms with van der Waals surface area (Å²) >= 11 is 3.53. The van der Waals surface area contributed by atoms with Crippen LogP contribution in [0.1, 0.15) is 20.7 Å². The number of ketones is 2. The molecule has 3 aromatic carbocycles. The number of hydrogen-bond donors (Lipinski definition) is 0. The molecule has 0 heterocycles. The highest BCUT2D eigenvalue weighted by Crippen LogP contribution is 2.29. The number of halogens is 1. The molecule has 0 aromatic heterocycles. The first-order valence-corrected chi connectivity index (χ1v) is 9.72. The van der Waals surface area contributed by atoms with Gasteiger partial charge < -0.3 is 0 Å². The van der Waals surface area contributed by atoms with Crippen LogP contribution in [0.3, 0.4) is 0 Å². The van der Waals surface area contributed by atoms with Crippen molar-refractivity contribution in [1.29, 1.82) is 0 Å². The van der Waals surface area contributed by atoms with E-state index in [4.69, 9.17) is 0 Å². The van der Waals surface area contributed by atoms with Gasteiger partial charge in [0.05, 0.1) is 0 Å². The monoisotopic (exact) mass is 458 g/mol. The summed E-state index contributed by atoms with van der Waals surface area (Å²) in [4.78, 5) is 26.9. The van der Waals surface area contributed by atoms with E-state index in [1.165, 1.54) is 11.8 Å². The molecule has 0 unspecified atom stereocenters. The fraction of sp³-hybridized carbons (Fsp3) is 0.0476. The fourth-order valence-electron chi connectivity index (χ4n) is 2.38. The number of thioether (sulfide) groups is 1. The van der Waals surface area contributed by atoms with E-state index in [1.54, 1.807) is 24.3 Å². The van der Waals surface area contributed by atoms with Gasteiger partial charge in [-0.25, -0.2) is 0 Å². The molecule has 25 heavy (non-hydrogen) atoms. The molecule has 0 fully saturated rings. The Morgan fingerprint density at radius 1 is 0.680 bits per heavy atom. The van der Waals surface area contributed by atoms with E-state index in [2.05, 4.69) is 22.6 Å². The minimum atomic E-state index is -0.801. The quantitative estimate of drug-likeness (QED) is 0.211. The minimum Gasteiger partial charge on any atom is -0.292 e. The van der Waals surface area contributed by atoms with Crippen LogP contribution in [0, 0.1) is 3.57 Å². The molecule has 0 spiro atoms. The number of hydrogen-bond acceptors (Lipinski definition) is 3.